The highest BCUT2D eigenvalue weighted by Crippen LogP contribution is 2.11. The van der Waals surface area contributed by atoms with E-state index in [1.54, 1.807) is 4.90 Å². The molecule has 1 fully saturated rings. The fourth-order valence-electron chi connectivity index (χ4n) is 1.59. The maximum atomic E-state index is 11.2. The van der Waals surface area contributed by atoms with E-state index in [-0.39, 0.29) is 17.9 Å². The first-order valence-electron chi connectivity index (χ1n) is 4.65. The first-order chi connectivity index (χ1) is 6.16. The predicted molar refractivity (Wildman–Crippen MR) is 48.1 cm³/mol. The van der Waals surface area contributed by atoms with Crippen LogP contribution in [0.25, 0.3) is 0 Å². The maximum Gasteiger partial charge on any atom is 0.264 e. The molecule has 0 aromatic carbocycles. The van der Waals surface area contributed by atoms with Gasteiger partial charge in [0.25, 0.3) is 5.91 Å². The Bertz CT molecular complexity index is 216. The minimum Gasteiger partial charge on any atom is -0.331 e. The Morgan fingerprint density at radius 3 is 2.77 bits per heavy atom. The van der Waals surface area contributed by atoms with Crippen LogP contribution in [-0.2, 0) is 9.59 Å². The average Bonchev–Trinajstić information content (AvgIpc) is 2.47. The summed E-state index contributed by atoms with van der Waals surface area (Å²) in [4.78, 5) is 24.1. The van der Waals surface area contributed by atoms with Gasteiger partial charge in [-0.2, -0.15) is 0 Å². The van der Waals surface area contributed by atoms with E-state index in [9.17, 15) is 9.59 Å². The molecule has 1 aliphatic heterocycles. The van der Waals surface area contributed by atoms with Crippen LogP contribution in [0, 0.1) is 0 Å². The molecule has 1 unspecified atom stereocenters. The molecule has 1 radical (unpaired) electrons. The van der Waals surface area contributed by atoms with Crippen LogP contribution in [0.2, 0.25) is 0 Å². The average molecular weight is 183 g/mol. The van der Waals surface area contributed by atoms with Gasteiger partial charge in [-0.3, -0.25) is 9.59 Å². The van der Waals surface area contributed by atoms with E-state index in [1.807, 2.05) is 6.92 Å². The van der Waals surface area contributed by atoms with Crippen molar-refractivity contribution in [2.45, 2.75) is 32.7 Å². The van der Waals surface area contributed by atoms with Gasteiger partial charge in [0, 0.05) is 20.0 Å². The Kier molecular flexibility index (Phi) is 3.28. The molecule has 0 aromatic heterocycles. The summed E-state index contributed by atoms with van der Waals surface area (Å²) < 4.78 is 0. The molecule has 2 amide bonds. The first kappa shape index (κ1) is 10.0. The van der Waals surface area contributed by atoms with Crippen molar-refractivity contribution in [1.82, 2.24) is 10.2 Å². The third-order valence-electron chi connectivity index (χ3n) is 2.20. The molecule has 1 heterocycles. The summed E-state index contributed by atoms with van der Waals surface area (Å²) in [6, 6.07) is -0.280. The number of nitrogens with zero attached hydrogens (tertiary/aromatic N) is 2. The summed E-state index contributed by atoms with van der Waals surface area (Å²) >= 11 is 0. The third kappa shape index (κ3) is 2.20. The molecule has 73 valence electrons. The molecule has 0 aromatic rings. The lowest BCUT2D eigenvalue weighted by Gasteiger charge is -2.24. The lowest BCUT2D eigenvalue weighted by molar-refractivity contribution is -0.137. The zero-order chi connectivity index (χ0) is 9.84. The van der Waals surface area contributed by atoms with Crippen LogP contribution in [0.5, 0.6) is 0 Å². The minimum atomic E-state index is -0.280. The van der Waals surface area contributed by atoms with Gasteiger partial charge in [0.2, 0.25) is 5.91 Å². The molecule has 13 heavy (non-hydrogen) atoms. The predicted octanol–water partition coefficient (Wildman–Crippen LogP) is 0.148. The Labute approximate surface area is 78.3 Å². The smallest absolute Gasteiger partial charge is 0.264 e. The van der Waals surface area contributed by atoms with Crippen molar-refractivity contribution in [3.05, 3.63) is 0 Å². The number of amides is 2. The van der Waals surface area contributed by atoms with Gasteiger partial charge in [-0.1, -0.05) is 6.92 Å². The second-order valence-corrected chi connectivity index (χ2v) is 3.24. The molecule has 0 spiro atoms. The van der Waals surface area contributed by atoms with Crippen molar-refractivity contribution in [1.29, 1.82) is 0 Å². The van der Waals surface area contributed by atoms with Crippen LogP contribution in [0.4, 0.5) is 0 Å². The maximum absolute atomic E-state index is 11.2. The van der Waals surface area contributed by atoms with Crippen LogP contribution >= 0.6 is 0 Å². The van der Waals surface area contributed by atoms with Gasteiger partial charge >= 0.3 is 0 Å². The fraction of sp³-hybridized carbons (Fsp3) is 0.778. The van der Waals surface area contributed by atoms with Crippen LogP contribution < -0.4 is 5.32 Å². The summed E-state index contributed by atoms with van der Waals surface area (Å²) in [7, 11) is 0. The molecule has 1 atom stereocenters. The number of rotatable bonds is 3. The second kappa shape index (κ2) is 4.25. The molecule has 0 saturated carbocycles. The Morgan fingerprint density at radius 2 is 2.38 bits per heavy atom. The fourth-order valence-corrected chi connectivity index (χ4v) is 1.59. The van der Waals surface area contributed by atoms with Crippen molar-refractivity contribution in [2.75, 3.05) is 13.1 Å². The van der Waals surface area contributed by atoms with E-state index in [1.165, 1.54) is 6.92 Å². The van der Waals surface area contributed by atoms with Crippen molar-refractivity contribution < 1.29 is 9.59 Å². The highest BCUT2D eigenvalue weighted by Gasteiger charge is 2.32. The topological polar surface area (TPSA) is 51.5 Å². The Balaban J connectivity index is 2.63. The second-order valence-electron chi connectivity index (χ2n) is 3.24. The summed E-state index contributed by atoms with van der Waals surface area (Å²) in [5, 5.41) is 3.77. The number of carbonyl (C=O) groups is 2. The lowest BCUT2D eigenvalue weighted by atomic mass is 10.2. The van der Waals surface area contributed by atoms with Gasteiger partial charge in [-0.05, 0) is 12.8 Å². The normalized spacial score (nSPS) is 21.4. The largest absolute Gasteiger partial charge is 0.331 e. The van der Waals surface area contributed by atoms with E-state index < -0.39 is 0 Å². The van der Waals surface area contributed by atoms with Gasteiger partial charge < -0.3 is 4.90 Å². The molecule has 4 heteroatoms. The van der Waals surface area contributed by atoms with Gasteiger partial charge in [0.1, 0.15) is 6.04 Å². The number of carbonyl (C=O) groups excluding carboxylic acids is 2. The van der Waals surface area contributed by atoms with E-state index in [4.69, 9.17) is 0 Å². The van der Waals surface area contributed by atoms with E-state index >= 15 is 0 Å². The van der Waals surface area contributed by atoms with Crippen LogP contribution in [0.3, 0.4) is 0 Å². The number of hydrogen-bond donors (Lipinski definition) is 0. The molecule has 4 nitrogen and oxygen atoms in total. The quantitative estimate of drug-likeness (QED) is 0.625. The van der Waals surface area contributed by atoms with E-state index in [0.29, 0.717) is 19.5 Å². The van der Waals surface area contributed by atoms with Crippen molar-refractivity contribution in [2.24, 2.45) is 0 Å². The highest BCUT2D eigenvalue weighted by atomic mass is 16.2. The van der Waals surface area contributed by atoms with Crippen molar-refractivity contribution in [3.8, 4) is 0 Å². The highest BCUT2D eigenvalue weighted by molar-refractivity contribution is 5.88. The van der Waals surface area contributed by atoms with E-state index in [2.05, 4.69) is 5.32 Å². The van der Waals surface area contributed by atoms with Crippen molar-refractivity contribution in [3.63, 3.8) is 0 Å². The Morgan fingerprint density at radius 1 is 1.69 bits per heavy atom. The van der Waals surface area contributed by atoms with Gasteiger partial charge in [0.05, 0.1) is 0 Å². The summed E-state index contributed by atoms with van der Waals surface area (Å²) in [5.41, 5.74) is 0. The molecule has 0 N–H and O–H groups in total. The molecule has 0 aliphatic carbocycles. The molecular weight excluding hydrogens is 168 g/mol. The van der Waals surface area contributed by atoms with Crippen LogP contribution in [-0.4, -0.2) is 35.8 Å². The van der Waals surface area contributed by atoms with Crippen LogP contribution in [0.1, 0.15) is 26.7 Å². The molecule has 1 saturated heterocycles. The lowest BCUT2D eigenvalue weighted by Crippen LogP contribution is -2.42. The molecule has 1 aliphatic rings. The van der Waals surface area contributed by atoms with Crippen molar-refractivity contribution >= 4 is 11.8 Å². The zero-order valence-corrected chi connectivity index (χ0v) is 8.12. The molecule has 1 rings (SSSR count). The first-order valence-corrected chi connectivity index (χ1v) is 4.65. The standard InChI is InChI=1S/C9H15N2O2/c1-3-6-11(7(2)12)8-4-5-10-9(8)13/h8H,3-6H2,1-2H3. The van der Waals surface area contributed by atoms with Gasteiger partial charge in [0.15, 0.2) is 0 Å². The van der Waals surface area contributed by atoms with Gasteiger partial charge in [-0.25, -0.2) is 5.32 Å². The monoisotopic (exact) mass is 183 g/mol. The molecule has 0 bridgehead atoms. The summed E-state index contributed by atoms with van der Waals surface area (Å²) in [5.74, 6) is -0.166. The summed E-state index contributed by atoms with van der Waals surface area (Å²) in [6.07, 6.45) is 1.57. The Hall–Kier alpha value is -1.06. The number of hydrogen-bond acceptors (Lipinski definition) is 2. The summed E-state index contributed by atoms with van der Waals surface area (Å²) in [6.45, 7) is 4.71. The SMILES string of the molecule is CCCN(C(C)=O)C1CC[N]C1=O. The third-order valence-corrected chi connectivity index (χ3v) is 2.20. The molecular formula is C9H15N2O2. The van der Waals surface area contributed by atoms with Crippen LogP contribution in [0.15, 0.2) is 0 Å². The van der Waals surface area contributed by atoms with E-state index in [0.717, 1.165) is 6.42 Å². The minimum absolute atomic E-state index is 0.0303. The van der Waals surface area contributed by atoms with Gasteiger partial charge in [-0.15, -0.1) is 0 Å². The zero-order valence-electron chi connectivity index (χ0n) is 8.12.